The number of nitrogens with one attached hydrogen (secondary N) is 3. The summed E-state index contributed by atoms with van der Waals surface area (Å²) >= 11 is 0. The Labute approximate surface area is 210 Å². The number of anilines is 1. The molecule has 0 heterocycles. The smallest absolute Gasteiger partial charge is 0.213 e. The van der Waals surface area contributed by atoms with Gasteiger partial charge in [0.1, 0.15) is 0 Å². The zero-order chi connectivity index (χ0) is 24.7. The van der Waals surface area contributed by atoms with Crippen LogP contribution in [0.4, 0.5) is 5.69 Å². The van der Waals surface area contributed by atoms with Crippen LogP contribution in [0.2, 0.25) is 0 Å². The van der Waals surface area contributed by atoms with E-state index in [-0.39, 0.29) is 22.9 Å². The molecule has 5 N–H and O–H groups in total. The summed E-state index contributed by atoms with van der Waals surface area (Å²) in [5, 5.41) is 37.8. The molecule has 0 radical (unpaired) electrons. The Balaban J connectivity index is 1.17. The molecule has 0 amide bonds. The number of fused-ring (bicyclic) bond motifs is 5. The fourth-order valence-corrected chi connectivity index (χ4v) is 8.92. The van der Waals surface area contributed by atoms with Gasteiger partial charge in [-0.3, -0.25) is 5.41 Å². The molecule has 0 saturated heterocycles. The summed E-state index contributed by atoms with van der Waals surface area (Å²) in [6.45, 7) is 4.85. The Hall–Kier alpha value is -1.92. The molecule has 1 aromatic carbocycles. The van der Waals surface area contributed by atoms with Crippen molar-refractivity contribution in [1.82, 2.24) is 5.43 Å². The number of nitrogens with zero attached hydrogens (tertiary/aromatic N) is 1. The highest BCUT2D eigenvalue weighted by atomic mass is 16.3. The maximum atomic E-state index is 12.3. The first kappa shape index (κ1) is 24.8. The van der Waals surface area contributed by atoms with E-state index in [1.54, 1.807) is 0 Å². The Kier molecular flexibility index (Phi) is 6.73. The fourth-order valence-electron chi connectivity index (χ4n) is 8.92. The van der Waals surface area contributed by atoms with Gasteiger partial charge < -0.3 is 15.5 Å². The number of hydrogen-bond donors (Lipinski definition) is 5. The van der Waals surface area contributed by atoms with Crippen molar-refractivity contribution >= 4 is 17.9 Å². The second kappa shape index (κ2) is 9.51. The molecule has 35 heavy (non-hydrogen) atoms. The van der Waals surface area contributed by atoms with Crippen molar-refractivity contribution in [2.75, 3.05) is 5.32 Å². The number of para-hydroxylation sites is 1. The minimum atomic E-state index is -0.554. The van der Waals surface area contributed by atoms with Crippen LogP contribution in [0.1, 0.15) is 84.5 Å². The van der Waals surface area contributed by atoms with Crippen molar-refractivity contribution in [2.45, 2.75) is 96.2 Å². The standard InChI is InChI=1S/C29H44N4O2/c1-27-15-13-23(34)19-21(27)10-11-25-24(27)14-16-28(2)20(12-17-29(25,28)35)7-6-18-31-33-26(30)32-22-8-4-3-5-9-22/h3-5,8-9,18,20-21,23-25,34-35H,6-7,10-17,19H2,1-2H3,(H3,30,32,33)/b31-18+/t20-,21+,23-,24-,25+,27-,28+,29-/m0/s1. The van der Waals surface area contributed by atoms with Gasteiger partial charge in [-0.15, -0.1) is 0 Å². The first-order valence-corrected chi connectivity index (χ1v) is 13.8. The highest BCUT2D eigenvalue weighted by molar-refractivity contribution is 5.91. The Morgan fingerprint density at radius 1 is 1.06 bits per heavy atom. The zero-order valence-electron chi connectivity index (χ0n) is 21.5. The van der Waals surface area contributed by atoms with E-state index in [1.165, 1.54) is 12.8 Å². The molecule has 4 aliphatic rings. The van der Waals surface area contributed by atoms with E-state index < -0.39 is 5.60 Å². The quantitative estimate of drug-likeness (QED) is 0.217. The van der Waals surface area contributed by atoms with Crippen LogP contribution in [0, 0.1) is 39.9 Å². The number of aliphatic hydroxyl groups excluding tert-OH is 1. The van der Waals surface area contributed by atoms with Crippen LogP contribution in [0.5, 0.6) is 0 Å². The van der Waals surface area contributed by atoms with Crippen molar-refractivity contribution in [3.8, 4) is 0 Å². The molecule has 0 aliphatic heterocycles. The average Bonchev–Trinajstić information content (AvgIpc) is 3.10. The first-order valence-electron chi connectivity index (χ1n) is 13.8. The predicted octanol–water partition coefficient (Wildman–Crippen LogP) is 5.52. The largest absolute Gasteiger partial charge is 0.393 e. The van der Waals surface area contributed by atoms with Crippen LogP contribution in [0.25, 0.3) is 0 Å². The van der Waals surface area contributed by atoms with Crippen LogP contribution >= 0.6 is 0 Å². The minimum Gasteiger partial charge on any atom is -0.393 e. The lowest BCUT2D eigenvalue weighted by atomic mass is 9.43. The first-order chi connectivity index (χ1) is 16.8. The Bertz CT molecular complexity index is 938. The molecule has 4 saturated carbocycles. The third-order valence-electron chi connectivity index (χ3n) is 11.0. The lowest BCUT2D eigenvalue weighted by Gasteiger charge is -2.63. The van der Waals surface area contributed by atoms with Gasteiger partial charge in [0.25, 0.3) is 0 Å². The van der Waals surface area contributed by atoms with Crippen LogP contribution in [0.15, 0.2) is 35.4 Å². The van der Waals surface area contributed by atoms with Gasteiger partial charge in [-0.05, 0) is 117 Å². The van der Waals surface area contributed by atoms with Crippen molar-refractivity contribution in [2.24, 2.45) is 39.6 Å². The zero-order valence-corrected chi connectivity index (χ0v) is 21.5. The summed E-state index contributed by atoms with van der Waals surface area (Å²) in [7, 11) is 0. The van der Waals surface area contributed by atoms with Crippen molar-refractivity contribution < 1.29 is 10.2 Å². The fraction of sp³-hybridized carbons (Fsp3) is 0.724. The van der Waals surface area contributed by atoms with Crippen molar-refractivity contribution in [3.63, 3.8) is 0 Å². The van der Waals surface area contributed by atoms with Gasteiger partial charge in [-0.2, -0.15) is 5.10 Å². The van der Waals surface area contributed by atoms with Crippen LogP contribution < -0.4 is 10.7 Å². The van der Waals surface area contributed by atoms with E-state index in [4.69, 9.17) is 5.41 Å². The Morgan fingerprint density at radius 3 is 2.66 bits per heavy atom. The molecule has 0 bridgehead atoms. The van der Waals surface area contributed by atoms with Gasteiger partial charge in [-0.1, -0.05) is 32.0 Å². The summed E-state index contributed by atoms with van der Waals surface area (Å²) in [5.74, 6) is 2.30. The van der Waals surface area contributed by atoms with Crippen molar-refractivity contribution in [1.29, 1.82) is 5.41 Å². The summed E-state index contributed by atoms with van der Waals surface area (Å²) in [6, 6.07) is 9.65. The van der Waals surface area contributed by atoms with Gasteiger partial charge in [0.05, 0.1) is 11.7 Å². The van der Waals surface area contributed by atoms with Gasteiger partial charge in [0, 0.05) is 11.9 Å². The Morgan fingerprint density at radius 2 is 1.86 bits per heavy atom. The molecule has 192 valence electrons. The van der Waals surface area contributed by atoms with Crippen molar-refractivity contribution in [3.05, 3.63) is 30.3 Å². The molecule has 8 atom stereocenters. The molecule has 4 fully saturated rings. The molecular formula is C29H44N4O2. The highest BCUT2D eigenvalue weighted by Crippen LogP contribution is 2.69. The SMILES string of the molecule is C[C@]12CC[C@H](O)C[C@H]1CC[C@@H]1[C@@H]2CC[C@]2(C)[C@@H](CC/C=N/NC(=N)Nc3ccccc3)CC[C@]12O. The molecule has 0 unspecified atom stereocenters. The van der Waals surface area contributed by atoms with Crippen LogP contribution in [-0.2, 0) is 0 Å². The molecule has 6 heteroatoms. The van der Waals surface area contributed by atoms with Gasteiger partial charge in [0.2, 0.25) is 5.96 Å². The summed E-state index contributed by atoms with van der Waals surface area (Å²) in [6.07, 6.45) is 13.3. The van der Waals surface area contributed by atoms with Crippen LogP contribution in [0.3, 0.4) is 0 Å². The monoisotopic (exact) mass is 480 g/mol. The van der Waals surface area contributed by atoms with Gasteiger partial charge in [-0.25, -0.2) is 5.43 Å². The minimum absolute atomic E-state index is 0.0195. The maximum Gasteiger partial charge on any atom is 0.213 e. The molecule has 4 aliphatic carbocycles. The number of rotatable bonds is 5. The topological polar surface area (TPSA) is 101 Å². The lowest BCUT2D eigenvalue weighted by Crippen LogP contribution is -2.62. The highest BCUT2D eigenvalue weighted by Gasteiger charge is 2.66. The maximum absolute atomic E-state index is 12.3. The van der Waals surface area contributed by atoms with Gasteiger partial charge in [0.15, 0.2) is 0 Å². The summed E-state index contributed by atoms with van der Waals surface area (Å²) < 4.78 is 0. The second-order valence-corrected chi connectivity index (χ2v) is 12.4. The van der Waals surface area contributed by atoms with E-state index in [0.29, 0.717) is 23.7 Å². The van der Waals surface area contributed by atoms with Crippen LogP contribution in [-0.4, -0.2) is 34.1 Å². The molecule has 0 spiro atoms. The van der Waals surface area contributed by atoms with E-state index >= 15 is 0 Å². The molecule has 6 nitrogen and oxygen atoms in total. The average molecular weight is 481 g/mol. The summed E-state index contributed by atoms with van der Waals surface area (Å²) in [4.78, 5) is 0. The molecular weight excluding hydrogens is 436 g/mol. The number of benzene rings is 1. The van der Waals surface area contributed by atoms with E-state index in [9.17, 15) is 10.2 Å². The number of hydrogen-bond acceptors (Lipinski definition) is 4. The van der Waals surface area contributed by atoms with E-state index in [0.717, 1.165) is 63.5 Å². The summed E-state index contributed by atoms with van der Waals surface area (Å²) in [5.41, 5.74) is 3.35. The normalized spacial score (nSPS) is 42.7. The van der Waals surface area contributed by atoms with Gasteiger partial charge >= 0.3 is 0 Å². The lowest BCUT2D eigenvalue weighted by molar-refractivity contribution is -0.210. The third-order valence-corrected chi connectivity index (χ3v) is 11.0. The number of aliphatic hydroxyl groups is 2. The molecule has 5 rings (SSSR count). The predicted molar refractivity (Wildman–Crippen MR) is 141 cm³/mol. The number of hydrazone groups is 1. The van der Waals surface area contributed by atoms with E-state index in [1.807, 2.05) is 36.5 Å². The number of guanidine groups is 1. The molecule has 0 aromatic heterocycles. The third kappa shape index (κ3) is 4.31. The molecule has 1 aromatic rings. The van der Waals surface area contributed by atoms with E-state index in [2.05, 4.69) is 29.7 Å². The second-order valence-electron chi connectivity index (χ2n) is 12.4.